The van der Waals surface area contributed by atoms with Crippen LogP contribution >= 0.6 is 11.3 Å². The molecule has 0 amide bonds. The lowest BCUT2D eigenvalue weighted by Gasteiger charge is -2.21. The first kappa shape index (κ1) is 14.9. The van der Waals surface area contributed by atoms with Gasteiger partial charge in [-0.15, -0.1) is 21.5 Å². The first-order chi connectivity index (χ1) is 10.7. The van der Waals surface area contributed by atoms with Crippen LogP contribution in [0.15, 0.2) is 52.3 Å². The van der Waals surface area contributed by atoms with E-state index in [1.54, 1.807) is 11.3 Å². The van der Waals surface area contributed by atoms with Crippen LogP contribution in [0, 0.1) is 0 Å². The molecule has 0 saturated heterocycles. The van der Waals surface area contributed by atoms with Gasteiger partial charge in [0, 0.05) is 11.4 Å². The summed E-state index contributed by atoms with van der Waals surface area (Å²) in [4.78, 5) is 3.44. The molecule has 2 aromatic heterocycles. The van der Waals surface area contributed by atoms with E-state index in [-0.39, 0.29) is 6.04 Å². The molecule has 1 aromatic carbocycles. The second kappa shape index (κ2) is 6.85. The fourth-order valence-corrected chi connectivity index (χ4v) is 2.96. The summed E-state index contributed by atoms with van der Waals surface area (Å²) in [6, 6.07) is 14.6. The fourth-order valence-electron chi connectivity index (χ4n) is 2.27. The molecule has 5 heteroatoms. The molecule has 22 heavy (non-hydrogen) atoms. The second-order valence-electron chi connectivity index (χ2n) is 5.37. The van der Waals surface area contributed by atoms with Gasteiger partial charge in [-0.1, -0.05) is 36.4 Å². The number of hydrogen-bond acceptors (Lipinski definition) is 5. The van der Waals surface area contributed by atoms with Crippen molar-refractivity contribution in [2.24, 2.45) is 0 Å². The minimum absolute atomic E-state index is 0.0878. The van der Waals surface area contributed by atoms with E-state index in [1.165, 1.54) is 10.4 Å². The number of hydrogen-bond donors (Lipinski definition) is 0. The van der Waals surface area contributed by atoms with Crippen molar-refractivity contribution < 1.29 is 4.42 Å². The van der Waals surface area contributed by atoms with Gasteiger partial charge in [0.25, 0.3) is 0 Å². The van der Waals surface area contributed by atoms with Crippen molar-refractivity contribution in [2.75, 3.05) is 7.05 Å². The quantitative estimate of drug-likeness (QED) is 0.692. The molecule has 0 aliphatic rings. The summed E-state index contributed by atoms with van der Waals surface area (Å²) in [6.45, 7) is 2.94. The van der Waals surface area contributed by atoms with E-state index in [9.17, 15) is 0 Å². The summed E-state index contributed by atoms with van der Waals surface area (Å²) < 4.78 is 5.82. The fraction of sp³-hybridized carbons (Fsp3) is 0.294. The van der Waals surface area contributed by atoms with Crippen LogP contribution in [-0.4, -0.2) is 22.1 Å². The highest BCUT2D eigenvalue weighted by molar-refractivity contribution is 7.09. The maximum atomic E-state index is 5.82. The zero-order valence-corrected chi connectivity index (χ0v) is 13.6. The average molecular weight is 313 g/mol. The van der Waals surface area contributed by atoms with Crippen molar-refractivity contribution in [2.45, 2.75) is 25.9 Å². The van der Waals surface area contributed by atoms with Crippen molar-refractivity contribution in [1.29, 1.82) is 0 Å². The first-order valence-corrected chi connectivity index (χ1v) is 8.19. The number of rotatable bonds is 6. The Balaban J connectivity index is 1.64. The molecule has 0 spiro atoms. The van der Waals surface area contributed by atoms with Gasteiger partial charge in [-0.25, -0.2) is 0 Å². The van der Waals surface area contributed by atoms with Gasteiger partial charge in [0.15, 0.2) is 0 Å². The zero-order valence-electron chi connectivity index (χ0n) is 12.8. The van der Waals surface area contributed by atoms with Crippen LogP contribution in [-0.2, 0) is 13.0 Å². The maximum absolute atomic E-state index is 5.82. The van der Waals surface area contributed by atoms with Gasteiger partial charge in [-0.05, 0) is 31.0 Å². The molecular weight excluding hydrogens is 294 g/mol. The molecule has 0 aliphatic carbocycles. The topological polar surface area (TPSA) is 42.2 Å². The lowest BCUT2D eigenvalue weighted by atomic mass is 10.2. The van der Waals surface area contributed by atoms with Crippen LogP contribution in [0.4, 0.5) is 0 Å². The molecule has 2 heterocycles. The third-order valence-corrected chi connectivity index (χ3v) is 4.56. The molecule has 0 bridgehead atoms. The Morgan fingerprint density at radius 1 is 1.14 bits per heavy atom. The van der Waals surface area contributed by atoms with Crippen LogP contribution in [0.25, 0.3) is 0 Å². The Morgan fingerprint density at radius 3 is 2.68 bits per heavy atom. The minimum atomic E-state index is 0.0878. The second-order valence-corrected chi connectivity index (χ2v) is 6.40. The van der Waals surface area contributed by atoms with Crippen molar-refractivity contribution >= 4 is 11.3 Å². The highest BCUT2D eigenvalue weighted by atomic mass is 32.1. The molecule has 0 unspecified atom stereocenters. The predicted molar refractivity (Wildman–Crippen MR) is 87.7 cm³/mol. The third-order valence-electron chi connectivity index (χ3n) is 3.68. The highest BCUT2D eigenvalue weighted by Crippen LogP contribution is 2.21. The van der Waals surface area contributed by atoms with Crippen LogP contribution in [0.2, 0.25) is 0 Å². The normalized spacial score (nSPS) is 12.7. The smallest absolute Gasteiger partial charge is 0.233 e. The van der Waals surface area contributed by atoms with E-state index in [0.29, 0.717) is 18.2 Å². The monoisotopic (exact) mass is 313 g/mol. The molecule has 0 saturated carbocycles. The van der Waals surface area contributed by atoms with Gasteiger partial charge in [-0.3, -0.25) is 4.90 Å². The number of aromatic nitrogens is 2. The van der Waals surface area contributed by atoms with Gasteiger partial charge in [0.05, 0.1) is 12.5 Å². The largest absolute Gasteiger partial charge is 0.423 e. The van der Waals surface area contributed by atoms with E-state index < -0.39 is 0 Å². The molecular formula is C17H19N3OS. The van der Waals surface area contributed by atoms with E-state index in [2.05, 4.69) is 64.8 Å². The SMILES string of the molecule is C[C@H](c1nnc(Cc2cccs2)o1)N(C)Cc1ccccc1. The summed E-state index contributed by atoms with van der Waals surface area (Å²) in [6.07, 6.45) is 0.708. The molecule has 114 valence electrons. The molecule has 0 fully saturated rings. The van der Waals surface area contributed by atoms with Crippen molar-refractivity contribution in [3.05, 3.63) is 70.1 Å². The van der Waals surface area contributed by atoms with Crippen LogP contribution in [0.1, 0.15) is 35.2 Å². The Hall–Kier alpha value is -1.98. The van der Waals surface area contributed by atoms with Gasteiger partial charge in [-0.2, -0.15) is 0 Å². The van der Waals surface area contributed by atoms with Crippen molar-refractivity contribution in [3.8, 4) is 0 Å². The van der Waals surface area contributed by atoms with E-state index in [1.807, 2.05) is 12.1 Å². The zero-order chi connectivity index (χ0) is 15.4. The highest BCUT2D eigenvalue weighted by Gasteiger charge is 2.18. The molecule has 3 rings (SSSR count). The average Bonchev–Trinajstić information content (AvgIpc) is 3.20. The Labute approximate surface area is 134 Å². The van der Waals surface area contributed by atoms with Gasteiger partial charge in [0.1, 0.15) is 0 Å². The van der Waals surface area contributed by atoms with Gasteiger partial charge < -0.3 is 4.42 Å². The van der Waals surface area contributed by atoms with Crippen molar-refractivity contribution in [1.82, 2.24) is 15.1 Å². The van der Waals surface area contributed by atoms with Crippen LogP contribution in [0.3, 0.4) is 0 Å². The van der Waals surface area contributed by atoms with Gasteiger partial charge in [0.2, 0.25) is 11.8 Å². The number of nitrogens with zero attached hydrogens (tertiary/aromatic N) is 3. The standard InChI is InChI=1S/C17H19N3OS/c1-13(20(2)12-14-7-4-3-5-8-14)17-19-18-16(21-17)11-15-9-6-10-22-15/h3-10,13H,11-12H2,1-2H3/t13-/m1/s1. The molecule has 4 nitrogen and oxygen atoms in total. The Morgan fingerprint density at radius 2 is 1.95 bits per heavy atom. The molecule has 1 atom stereocenters. The molecule has 3 aromatic rings. The lowest BCUT2D eigenvalue weighted by Crippen LogP contribution is -2.22. The first-order valence-electron chi connectivity index (χ1n) is 7.31. The Bertz CT molecular complexity index is 694. The summed E-state index contributed by atoms with van der Waals surface area (Å²) in [5.74, 6) is 1.35. The lowest BCUT2D eigenvalue weighted by molar-refractivity contribution is 0.214. The van der Waals surface area contributed by atoms with Crippen molar-refractivity contribution in [3.63, 3.8) is 0 Å². The maximum Gasteiger partial charge on any atom is 0.233 e. The summed E-state index contributed by atoms with van der Waals surface area (Å²) >= 11 is 1.71. The molecule has 0 N–H and O–H groups in total. The van der Waals surface area contributed by atoms with Crippen LogP contribution < -0.4 is 0 Å². The summed E-state index contributed by atoms with van der Waals surface area (Å²) in [5, 5.41) is 10.4. The van der Waals surface area contributed by atoms with Crippen LogP contribution in [0.5, 0.6) is 0 Å². The van der Waals surface area contributed by atoms with E-state index in [0.717, 1.165) is 6.54 Å². The molecule has 0 radical (unpaired) electrons. The van der Waals surface area contributed by atoms with E-state index >= 15 is 0 Å². The predicted octanol–water partition coefficient (Wildman–Crippen LogP) is 3.91. The minimum Gasteiger partial charge on any atom is -0.423 e. The summed E-state index contributed by atoms with van der Waals surface area (Å²) in [7, 11) is 2.07. The van der Waals surface area contributed by atoms with E-state index in [4.69, 9.17) is 4.42 Å². The Kier molecular flexibility index (Phi) is 4.65. The third kappa shape index (κ3) is 3.61. The summed E-state index contributed by atoms with van der Waals surface area (Å²) in [5.41, 5.74) is 1.27. The number of benzene rings is 1. The number of thiophene rings is 1. The van der Waals surface area contributed by atoms with Gasteiger partial charge >= 0.3 is 0 Å². The molecule has 0 aliphatic heterocycles.